The number of alkyl halides is 3. The van der Waals surface area contributed by atoms with Crippen molar-refractivity contribution in [3.05, 3.63) is 53.9 Å². The van der Waals surface area contributed by atoms with Gasteiger partial charge in [-0.3, -0.25) is 0 Å². The van der Waals surface area contributed by atoms with Crippen LogP contribution < -0.4 is 10.2 Å². The molecule has 1 aliphatic rings. The molecule has 1 atom stereocenters. The molecule has 1 N–H and O–H groups in total. The lowest BCUT2D eigenvalue weighted by Gasteiger charge is -2.35. The number of hydrogen-bond acceptors (Lipinski definition) is 4. The highest BCUT2D eigenvalue weighted by molar-refractivity contribution is 5.43. The van der Waals surface area contributed by atoms with Crippen LogP contribution in [0.2, 0.25) is 0 Å². The molecule has 0 radical (unpaired) electrons. The molecule has 0 aliphatic carbocycles. The predicted molar refractivity (Wildman–Crippen MR) is 76.4 cm³/mol. The van der Waals surface area contributed by atoms with Gasteiger partial charge in [0, 0.05) is 25.7 Å². The van der Waals surface area contributed by atoms with Crippen LogP contribution in [0.3, 0.4) is 0 Å². The summed E-state index contributed by atoms with van der Waals surface area (Å²) in [5.41, 5.74) is 1.45. The third-order valence-corrected chi connectivity index (χ3v) is 3.70. The number of halogens is 4. The molecular weight excluding hydrogens is 312 g/mol. The molecule has 0 bridgehead atoms. The van der Waals surface area contributed by atoms with E-state index in [0.29, 0.717) is 25.3 Å². The summed E-state index contributed by atoms with van der Waals surface area (Å²) in [6.45, 7) is 1.83. The molecule has 1 aromatic carbocycles. The number of anilines is 1. The van der Waals surface area contributed by atoms with Crippen LogP contribution in [0.4, 0.5) is 23.2 Å². The summed E-state index contributed by atoms with van der Waals surface area (Å²) in [6, 6.07) is 6.13. The Labute approximate surface area is 130 Å². The number of nitrogens with one attached hydrogen (secondary N) is 1. The highest BCUT2D eigenvalue weighted by atomic mass is 19.4. The second-order valence-corrected chi connectivity index (χ2v) is 5.27. The van der Waals surface area contributed by atoms with Crippen LogP contribution in [0.15, 0.2) is 36.7 Å². The highest BCUT2D eigenvalue weighted by Gasteiger charge is 2.34. The Kier molecular flexibility index (Phi) is 4.16. The normalized spacial score (nSPS) is 19.0. The maximum atomic E-state index is 13.0. The molecule has 23 heavy (non-hydrogen) atoms. The van der Waals surface area contributed by atoms with Gasteiger partial charge in [-0.2, -0.15) is 13.2 Å². The van der Waals surface area contributed by atoms with E-state index in [4.69, 9.17) is 0 Å². The van der Waals surface area contributed by atoms with Gasteiger partial charge in [0.25, 0.3) is 0 Å². The van der Waals surface area contributed by atoms with E-state index in [1.807, 2.05) is 4.90 Å². The molecule has 2 aromatic rings. The minimum atomic E-state index is -4.54. The lowest BCUT2D eigenvalue weighted by atomic mass is 10.0. The van der Waals surface area contributed by atoms with E-state index < -0.39 is 12.0 Å². The van der Waals surface area contributed by atoms with Crippen molar-refractivity contribution in [2.45, 2.75) is 12.2 Å². The Hall–Kier alpha value is -2.22. The molecule has 1 unspecified atom stereocenters. The SMILES string of the molecule is Fc1ccc(C2CN(c3cnc(C(F)(F)F)nc3)CCN2)cc1. The summed E-state index contributed by atoms with van der Waals surface area (Å²) in [4.78, 5) is 8.68. The molecule has 1 saturated heterocycles. The first-order chi connectivity index (χ1) is 10.9. The van der Waals surface area contributed by atoms with Gasteiger partial charge in [-0.05, 0) is 17.7 Å². The molecule has 8 heteroatoms. The largest absolute Gasteiger partial charge is 0.451 e. The van der Waals surface area contributed by atoms with Crippen molar-refractivity contribution < 1.29 is 17.6 Å². The number of benzene rings is 1. The molecule has 2 heterocycles. The fourth-order valence-electron chi connectivity index (χ4n) is 2.53. The standard InChI is InChI=1S/C15H14F4N4/c16-11-3-1-10(2-4-11)13-9-23(6-5-20-13)12-7-21-14(22-8-12)15(17,18)19/h1-4,7-8,13,20H,5-6,9H2. The van der Waals surface area contributed by atoms with Crippen molar-refractivity contribution in [3.63, 3.8) is 0 Å². The zero-order valence-corrected chi connectivity index (χ0v) is 12.0. The van der Waals surface area contributed by atoms with Gasteiger partial charge in [0.2, 0.25) is 5.82 Å². The molecular formula is C15H14F4N4. The summed E-state index contributed by atoms with van der Waals surface area (Å²) in [5, 5.41) is 3.31. The van der Waals surface area contributed by atoms with Gasteiger partial charge >= 0.3 is 6.18 Å². The average Bonchev–Trinajstić information content (AvgIpc) is 2.55. The van der Waals surface area contributed by atoms with E-state index in [1.165, 1.54) is 24.5 Å². The Balaban J connectivity index is 1.74. The number of hydrogen-bond donors (Lipinski definition) is 1. The van der Waals surface area contributed by atoms with Gasteiger partial charge in [0.05, 0.1) is 18.1 Å². The van der Waals surface area contributed by atoms with Crippen LogP contribution in [-0.2, 0) is 6.18 Å². The van der Waals surface area contributed by atoms with Gasteiger partial charge in [0.1, 0.15) is 5.82 Å². The van der Waals surface area contributed by atoms with E-state index in [0.717, 1.165) is 5.56 Å². The van der Waals surface area contributed by atoms with Crippen molar-refractivity contribution in [1.29, 1.82) is 0 Å². The van der Waals surface area contributed by atoms with Crippen LogP contribution in [0.25, 0.3) is 0 Å². The minimum absolute atomic E-state index is 0.0355. The fourth-order valence-corrected chi connectivity index (χ4v) is 2.53. The maximum Gasteiger partial charge on any atom is 0.451 e. The molecule has 0 spiro atoms. The van der Waals surface area contributed by atoms with Gasteiger partial charge in [-0.1, -0.05) is 12.1 Å². The molecule has 122 valence electrons. The predicted octanol–water partition coefficient (Wildman–Crippen LogP) is 2.79. The summed E-state index contributed by atoms with van der Waals surface area (Å²) in [7, 11) is 0. The molecule has 0 saturated carbocycles. The quantitative estimate of drug-likeness (QED) is 0.862. The zero-order valence-electron chi connectivity index (χ0n) is 12.0. The molecule has 4 nitrogen and oxygen atoms in total. The third kappa shape index (κ3) is 3.58. The Bertz CT molecular complexity index is 655. The fraction of sp³-hybridized carbons (Fsp3) is 0.333. The van der Waals surface area contributed by atoms with Gasteiger partial charge in [-0.15, -0.1) is 0 Å². The first-order valence-corrected chi connectivity index (χ1v) is 7.06. The summed E-state index contributed by atoms with van der Waals surface area (Å²) >= 11 is 0. The van der Waals surface area contributed by atoms with Gasteiger partial charge in [0.15, 0.2) is 0 Å². The van der Waals surface area contributed by atoms with E-state index in [1.54, 1.807) is 12.1 Å². The number of nitrogens with zero attached hydrogens (tertiary/aromatic N) is 3. The van der Waals surface area contributed by atoms with Crippen LogP contribution in [0.5, 0.6) is 0 Å². The van der Waals surface area contributed by atoms with Crippen LogP contribution >= 0.6 is 0 Å². The maximum absolute atomic E-state index is 13.0. The molecule has 1 aliphatic heterocycles. The molecule has 1 fully saturated rings. The smallest absolute Gasteiger partial charge is 0.366 e. The molecule has 0 amide bonds. The third-order valence-electron chi connectivity index (χ3n) is 3.70. The Morgan fingerprint density at radius 3 is 2.35 bits per heavy atom. The minimum Gasteiger partial charge on any atom is -0.366 e. The van der Waals surface area contributed by atoms with Crippen molar-refractivity contribution in [1.82, 2.24) is 15.3 Å². The lowest BCUT2D eigenvalue weighted by molar-refractivity contribution is -0.144. The average molecular weight is 326 g/mol. The van der Waals surface area contributed by atoms with Crippen LogP contribution in [0.1, 0.15) is 17.4 Å². The van der Waals surface area contributed by atoms with E-state index in [2.05, 4.69) is 15.3 Å². The van der Waals surface area contributed by atoms with Gasteiger partial charge < -0.3 is 10.2 Å². The second-order valence-electron chi connectivity index (χ2n) is 5.27. The summed E-state index contributed by atoms with van der Waals surface area (Å²) < 4.78 is 50.5. The lowest BCUT2D eigenvalue weighted by Crippen LogP contribution is -2.46. The molecule has 3 rings (SSSR count). The summed E-state index contributed by atoms with van der Waals surface area (Å²) in [6.07, 6.45) is -2.18. The number of rotatable bonds is 2. The highest BCUT2D eigenvalue weighted by Crippen LogP contribution is 2.27. The Morgan fingerprint density at radius 2 is 1.74 bits per heavy atom. The number of aromatic nitrogens is 2. The number of piperazine rings is 1. The van der Waals surface area contributed by atoms with Crippen molar-refractivity contribution in [2.75, 3.05) is 24.5 Å². The van der Waals surface area contributed by atoms with Crippen molar-refractivity contribution in [3.8, 4) is 0 Å². The molecule has 1 aromatic heterocycles. The van der Waals surface area contributed by atoms with Crippen molar-refractivity contribution in [2.24, 2.45) is 0 Å². The Morgan fingerprint density at radius 1 is 1.09 bits per heavy atom. The van der Waals surface area contributed by atoms with E-state index >= 15 is 0 Å². The van der Waals surface area contributed by atoms with Crippen LogP contribution in [0, 0.1) is 5.82 Å². The summed E-state index contributed by atoms with van der Waals surface area (Å²) in [5.74, 6) is -1.45. The first-order valence-electron chi connectivity index (χ1n) is 7.06. The zero-order chi connectivity index (χ0) is 16.4. The van der Waals surface area contributed by atoms with E-state index in [9.17, 15) is 17.6 Å². The van der Waals surface area contributed by atoms with Gasteiger partial charge in [-0.25, -0.2) is 14.4 Å². The van der Waals surface area contributed by atoms with Crippen LogP contribution in [-0.4, -0.2) is 29.6 Å². The van der Waals surface area contributed by atoms with Crippen molar-refractivity contribution >= 4 is 5.69 Å². The topological polar surface area (TPSA) is 41.1 Å². The van der Waals surface area contributed by atoms with E-state index in [-0.39, 0.29) is 11.9 Å². The second kappa shape index (κ2) is 6.11. The monoisotopic (exact) mass is 326 g/mol. The first kappa shape index (κ1) is 15.7.